The Kier molecular flexibility index (Phi) is 7.02. The molecule has 156 valence electrons. The van der Waals surface area contributed by atoms with E-state index in [-0.39, 0.29) is 17.8 Å². The van der Waals surface area contributed by atoms with Crippen molar-refractivity contribution in [1.82, 2.24) is 10.3 Å². The minimum atomic E-state index is -2.44. The number of aromatic nitrogens is 1. The van der Waals surface area contributed by atoms with Gasteiger partial charge in [0, 0.05) is 17.7 Å². The largest absolute Gasteiger partial charge is 0.381 e. The molecule has 0 spiro atoms. The molecule has 2 amide bonds. The first-order valence-electron chi connectivity index (χ1n) is 9.16. The van der Waals surface area contributed by atoms with E-state index in [0.29, 0.717) is 16.8 Å². The Bertz CT molecular complexity index is 895. The Morgan fingerprint density at radius 2 is 1.90 bits per heavy atom. The van der Waals surface area contributed by atoms with Crippen molar-refractivity contribution < 1.29 is 23.5 Å². The first-order valence-corrected chi connectivity index (χ1v) is 9.16. The molecule has 0 aliphatic rings. The van der Waals surface area contributed by atoms with Gasteiger partial charge in [-0.1, -0.05) is 24.3 Å². The topological polar surface area (TPSA) is 91.3 Å². The van der Waals surface area contributed by atoms with Crippen LogP contribution in [0, 0.1) is 6.92 Å². The molecule has 29 heavy (non-hydrogen) atoms. The Morgan fingerprint density at radius 1 is 1.21 bits per heavy atom. The smallest absolute Gasteiger partial charge is 0.256 e. The lowest BCUT2D eigenvalue weighted by molar-refractivity contribution is -0.130. The minimum absolute atomic E-state index is 0.147. The van der Waals surface area contributed by atoms with E-state index in [9.17, 15) is 23.5 Å². The van der Waals surface area contributed by atoms with Gasteiger partial charge in [0.05, 0.1) is 6.04 Å². The van der Waals surface area contributed by atoms with Gasteiger partial charge in [0.25, 0.3) is 11.8 Å². The van der Waals surface area contributed by atoms with Crippen LogP contribution >= 0.6 is 0 Å². The quantitative estimate of drug-likeness (QED) is 0.658. The number of amides is 2. The number of benzene rings is 1. The molecule has 0 aliphatic heterocycles. The summed E-state index contributed by atoms with van der Waals surface area (Å²) in [6.45, 7) is 6.11. The summed E-state index contributed by atoms with van der Waals surface area (Å²) < 4.78 is 25.2. The molecule has 1 aromatic carbocycles. The van der Waals surface area contributed by atoms with Crippen LogP contribution in [0.1, 0.15) is 54.0 Å². The standard InChI is InChI=1S/C21H25F2N3O3/c1-12-8-16(11-18(24-12)26-20(28)21(3,4)29)19(27)25-13(2)15-7-5-6-14(9-15)10-17(22)23/h5-9,11,13,17,29H,10H2,1-4H3,(H,25,27)(H,24,26,28). The molecule has 1 heterocycles. The van der Waals surface area contributed by atoms with E-state index in [1.807, 2.05) is 0 Å². The Labute approximate surface area is 168 Å². The third kappa shape index (κ3) is 6.60. The van der Waals surface area contributed by atoms with Gasteiger partial charge >= 0.3 is 0 Å². The van der Waals surface area contributed by atoms with Crippen LogP contribution < -0.4 is 10.6 Å². The lowest BCUT2D eigenvalue weighted by Gasteiger charge is -2.18. The number of nitrogens with zero attached hydrogens (tertiary/aromatic N) is 1. The fourth-order valence-corrected chi connectivity index (χ4v) is 2.66. The molecule has 1 aromatic heterocycles. The summed E-state index contributed by atoms with van der Waals surface area (Å²) in [6.07, 6.45) is -2.78. The van der Waals surface area contributed by atoms with Crippen molar-refractivity contribution in [2.75, 3.05) is 5.32 Å². The van der Waals surface area contributed by atoms with Gasteiger partial charge in [-0.15, -0.1) is 0 Å². The zero-order chi connectivity index (χ0) is 21.8. The molecule has 0 aliphatic carbocycles. The summed E-state index contributed by atoms with van der Waals surface area (Å²) in [4.78, 5) is 28.8. The van der Waals surface area contributed by atoms with Crippen LogP contribution in [-0.4, -0.2) is 33.9 Å². The molecule has 1 atom stereocenters. The van der Waals surface area contributed by atoms with Crippen LogP contribution in [0.4, 0.5) is 14.6 Å². The number of carbonyl (C=O) groups is 2. The monoisotopic (exact) mass is 405 g/mol. The Hall–Kier alpha value is -2.87. The molecule has 0 saturated carbocycles. The maximum absolute atomic E-state index is 12.7. The average molecular weight is 405 g/mol. The van der Waals surface area contributed by atoms with Gasteiger partial charge in [-0.2, -0.15) is 0 Å². The van der Waals surface area contributed by atoms with Gasteiger partial charge in [-0.3, -0.25) is 9.59 Å². The van der Waals surface area contributed by atoms with Crippen molar-refractivity contribution in [3.8, 4) is 0 Å². The van der Waals surface area contributed by atoms with E-state index in [2.05, 4.69) is 15.6 Å². The second-order valence-corrected chi connectivity index (χ2v) is 7.43. The summed E-state index contributed by atoms with van der Waals surface area (Å²) in [5.74, 6) is -0.902. The van der Waals surface area contributed by atoms with Gasteiger partial charge in [0.1, 0.15) is 11.4 Å². The Morgan fingerprint density at radius 3 is 2.52 bits per heavy atom. The van der Waals surface area contributed by atoms with Crippen LogP contribution in [0.15, 0.2) is 36.4 Å². The van der Waals surface area contributed by atoms with Gasteiger partial charge in [-0.25, -0.2) is 13.8 Å². The number of anilines is 1. The van der Waals surface area contributed by atoms with Gasteiger partial charge in [-0.05, 0) is 51.0 Å². The van der Waals surface area contributed by atoms with E-state index >= 15 is 0 Å². The van der Waals surface area contributed by atoms with Crippen LogP contribution in [0.25, 0.3) is 0 Å². The highest BCUT2D eigenvalue weighted by Crippen LogP contribution is 2.18. The highest BCUT2D eigenvalue weighted by Gasteiger charge is 2.24. The molecule has 2 aromatic rings. The van der Waals surface area contributed by atoms with Crippen molar-refractivity contribution in [3.05, 3.63) is 58.8 Å². The maximum atomic E-state index is 12.7. The predicted molar refractivity (Wildman–Crippen MR) is 106 cm³/mol. The number of hydrogen-bond acceptors (Lipinski definition) is 4. The van der Waals surface area contributed by atoms with Crippen molar-refractivity contribution in [2.45, 2.75) is 52.2 Å². The van der Waals surface area contributed by atoms with E-state index in [0.717, 1.165) is 0 Å². The number of nitrogens with one attached hydrogen (secondary N) is 2. The Balaban J connectivity index is 2.15. The maximum Gasteiger partial charge on any atom is 0.256 e. The summed E-state index contributed by atoms with van der Waals surface area (Å²) in [6, 6.07) is 9.25. The zero-order valence-corrected chi connectivity index (χ0v) is 16.8. The molecule has 0 bridgehead atoms. The normalized spacial score (nSPS) is 12.6. The fraction of sp³-hybridized carbons (Fsp3) is 0.381. The summed E-state index contributed by atoms with van der Waals surface area (Å²) in [5, 5.41) is 15.0. The number of aliphatic hydroxyl groups is 1. The number of alkyl halides is 2. The third-order valence-corrected chi connectivity index (χ3v) is 4.20. The van der Waals surface area contributed by atoms with E-state index in [4.69, 9.17) is 0 Å². The van der Waals surface area contributed by atoms with E-state index in [1.54, 1.807) is 44.2 Å². The lowest BCUT2D eigenvalue weighted by atomic mass is 10.0. The number of aryl methyl sites for hydroxylation is 1. The summed E-state index contributed by atoms with van der Waals surface area (Å²) in [7, 11) is 0. The molecule has 0 saturated heterocycles. The third-order valence-electron chi connectivity index (χ3n) is 4.20. The molecule has 1 unspecified atom stereocenters. The fourth-order valence-electron chi connectivity index (χ4n) is 2.66. The highest BCUT2D eigenvalue weighted by atomic mass is 19.3. The molecule has 0 radical (unpaired) electrons. The number of hydrogen-bond donors (Lipinski definition) is 3. The molecular weight excluding hydrogens is 380 g/mol. The molecule has 8 heteroatoms. The highest BCUT2D eigenvalue weighted by molar-refractivity contribution is 5.98. The molecule has 2 rings (SSSR count). The molecule has 0 fully saturated rings. The SMILES string of the molecule is Cc1cc(C(=O)NC(C)c2cccc(CC(F)F)c2)cc(NC(=O)C(C)(C)O)n1. The van der Waals surface area contributed by atoms with Crippen molar-refractivity contribution in [1.29, 1.82) is 0 Å². The number of pyridine rings is 1. The van der Waals surface area contributed by atoms with Gasteiger partial charge in [0.2, 0.25) is 6.43 Å². The van der Waals surface area contributed by atoms with Crippen LogP contribution in [0.3, 0.4) is 0 Å². The molecule has 3 N–H and O–H groups in total. The number of carbonyl (C=O) groups excluding carboxylic acids is 2. The number of rotatable bonds is 7. The lowest BCUT2D eigenvalue weighted by Crippen LogP contribution is -2.37. The molecule has 6 nitrogen and oxygen atoms in total. The van der Waals surface area contributed by atoms with Crippen molar-refractivity contribution in [2.24, 2.45) is 0 Å². The second kappa shape index (κ2) is 9.09. The summed E-state index contributed by atoms with van der Waals surface area (Å²) in [5.41, 5.74) is 0.397. The van der Waals surface area contributed by atoms with Crippen molar-refractivity contribution in [3.63, 3.8) is 0 Å². The first-order chi connectivity index (χ1) is 13.5. The van der Waals surface area contributed by atoms with Crippen LogP contribution in [0.2, 0.25) is 0 Å². The zero-order valence-electron chi connectivity index (χ0n) is 16.8. The molecular formula is C21H25F2N3O3. The van der Waals surface area contributed by atoms with Crippen molar-refractivity contribution >= 4 is 17.6 Å². The van der Waals surface area contributed by atoms with Crippen LogP contribution in [-0.2, 0) is 11.2 Å². The van der Waals surface area contributed by atoms with Crippen LogP contribution in [0.5, 0.6) is 0 Å². The number of halogens is 2. The average Bonchev–Trinajstić information content (AvgIpc) is 2.60. The summed E-state index contributed by atoms with van der Waals surface area (Å²) >= 11 is 0. The predicted octanol–water partition coefficient (Wildman–Crippen LogP) is 3.40. The van der Waals surface area contributed by atoms with Gasteiger partial charge in [0.15, 0.2) is 0 Å². The first kappa shape index (κ1) is 22.4. The van der Waals surface area contributed by atoms with E-state index < -0.39 is 29.9 Å². The second-order valence-electron chi connectivity index (χ2n) is 7.43. The van der Waals surface area contributed by atoms with Gasteiger partial charge < -0.3 is 15.7 Å². The minimum Gasteiger partial charge on any atom is -0.381 e. The van der Waals surface area contributed by atoms with E-state index in [1.165, 1.54) is 19.9 Å².